The van der Waals surface area contributed by atoms with Crippen LogP contribution in [0.5, 0.6) is 0 Å². The average Bonchev–Trinajstić information content (AvgIpc) is 2.90. The van der Waals surface area contributed by atoms with Crippen molar-refractivity contribution in [2.45, 2.75) is 58.5 Å². The lowest BCUT2D eigenvalue weighted by atomic mass is 9.92. The first-order valence-electron chi connectivity index (χ1n) is 6.48. The van der Waals surface area contributed by atoms with Gasteiger partial charge >= 0.3 is 0 Å². The van der Waals surface area contributed by atoms with Gasteiger partial charge in [0.05, 0.1) is 0 Å². The molecule has 1 atom stereocenters. The Morgan fingerprint density at radius 1 is 1.38 bits per heavy atom. The molecule has 0 bridgehead atoms. The molecule has 3 heteroatoms. The first-order chi connectivity index (χ1) is 7.46. The molecule has 2 fully saturated rings. The number of amides is 1. The summed E-state index contributed by atoms with van der Waals surface area (Å²) in [6, 6.07) is 0.984. The standard InChI is InChI=1S/C13H24N2O/c1-13(2,3)6-7-14-10-8-12(16)15(9-10)11-4-5-11/h10-11,14H,4-9H2,1-3H3. The molecule has 0 spiro atoms. The predicted octanol–water partition coefficient (Wildman–Crippen LogP) is 1.78. The van der Waals surface area contributed by atoms with Crippen LogP contribution in [-0.2, 0) is 4.79 Å². The van der Waals surface area contributed by atoms with Gasteiger partial charge in [-0.1, -0.05) is 20.8 Å². The molecular weight excluding hydrogens is 200 g/mol. The van der Waals surface area contributed by atoms with Crippen molar-refractivity contribution in [1.82, 2.24) is 10.2 Å². The highest BCUT2D eigenvalue weighted by atomic mass is 16.2. The van der Waals surface area contributed by atoms with E-state index in [4.69, 9.17) is 0 Å². The third kappa shape index (κ3) is 3.21. The second kappa shape index (κ2) is 4.36. The minimum Gasteiger partial charge on any atom is -0.338 e. The summed E-state index contributed by atoms with van der Waals surface area (Å²) >= 11 is 0. The van der Waals surface area contributed by atoms with Crippen LogP contribution < -0.4 is 5.32 Å². The van der Waals surface area contributed by atoms with Crippen molar-refractivity contribution >= 4 is 5.91 Å². The van der Waals surface area contributed by atoms with E-state index < -0.39 is 0 Å². The lowest BCUT2D eigenvalue weighted by molar-refractivity contribution is -0.128. The van der Waals surface area contributed by atoms with E-state index >= 15 is 0 Å². The number of carbonyl (C=O) groups excluding carboxylic acids is 1. The van der Waals surface area contributed by atoms with Gasteiger partial charge in [0.2, 0.25) is 5.91 Å². The summed E-state index contributed by atoms with van der Waals surface area (Å²) in [5.41, 5.74) is 0.381. The van der Waals surface area contributed by atoms with Crippen LogP contribution in [0.25, 0.3) is 0 Å². The first-order valence-corrected chi connectivity index (χ1v) is 6.48. The van der Waals surface area contributed by atoms with E-state index in [0.29, 0.717) is 29.8 Å². The number of hydrogen-bond donors (Lipinski definition) is 1. The first kappa shape index (κ1) is 11.9. The van der Waals surface area contributed by atoms with Crippen LogP contribution in [0.4, 0.5) is 0 Å². The summed E-state index contributed by atoms with van der Waals surface area (Å²) in [5.74, 6) is 0.357. The molecule has 0 aromatic heterocycles. The summed E-state index contributed by atoms with van der Waals surface area (Å²) in [6.45, 7) is 8.73. The number of carbonyl (C=O) groups is 1. The Kier molecular flexibility index (Phi) is 3.24. The molecule has 1 N–H and O–H groups in total. The summed E-state index contributed by atoms with van der Waals surface area (Å²) in [6.07, 6.45) is 4.32. The van der Waals surface area contributed by atoms with E-state index in [-0.39, 0.29) is 0 Å². The molecule has 2 rings (SSSR count). The van der Waals surface area contributed by atoms with Crippen LogP contribution in [0.3, 0.4) is 0 Å². The summed E-state index contributed by atoms with van der Waals surface area (Å²) in [7, 11) is 0. The SMILES string of the molecule is CC(C)(C)CCNC1CC(=O)N(C2CC2)C1. The molecule has 0 aromatic carbocycles. The van der Waals surface area contributed by atoms with Crippen molar-refractivity contribution in [3.8, 4) is 0 Å². The maximum Gasteiger partial charge on any atom is 0.224 e. The summed E-state index contributed by atoms with van der Waals surface area (Å²) in [5, 5.41) is 3.52. The van der Waals surface area contributed by atoms with Gasteiger partial charge in [-0.05, 0) is 31.2 Å². The molecular formula is C13H24N2O. The fourth-order valence-corrected chi connectivity index (χ4v) is 2.26. The van der Waals surface area contributed by atoms with Crippen LogP contribution >= 0.6 is 0 Å². The van der Waals surface area contributed by atoms with Gasteiger partial charge in [0.25, 0.3) is 0 Å². The smallest absolute Gasteiger partial charge is 0.224 e. The number of nitrogens with zero attached hydrogens (tertiary/aromatic N) is 1. The number of rotatable bonds is 4. The third-order valence-electron chi connectivity index (χ3n) is 3.45. The van der Waals surface area contributed by atoms with Gasteiger partial charge in [-0.25, -0.2) is 0 Å². The van der Waals surface area contributed by atoms with E-state index in [0.717, 1.165) is 13.1 Å². The largest absolute Gasteiger partial charge is 0.338 e. The van der Waals surface area contributed by atoms with Crippen molar-refractivity contribution in [3.05, 3.63) is 0 Å². The van der Waals surface area contributed by atoms with Crippen molar-refractivity contribution in [2.75, 3.05) is 13.1 Å². The Hall–Kier alpha value is -0.570. The Morgan fingerprint density at radius 3 is 2.62 bits per heavy atom. The molecule has 1 heterocycles. The van der Waals surface area contributed by atoms with Crippen LogP contribution in [-0.4, -0.2) is 36.0 Å². The molecule has 1 aliphatic carbocycles. The second-order valence-electron chi connectivity index (χ2n) is 6.44. The van der Waals surface area contributed by atoms with E-state index in [9.17, 15) is 4.79 Å². The number of hydrogen-bond acceptors (Lipinski definition) is 2. The minimum atomic E-state index is 0.357. The van der Waals surface area contributed by atoms with Crippen LogP contribution in [0.2, 0.25) is 0 Å². The zero-order valence-electron chi connectivity index (χ0n) is 10.8. The summed E-state index contributed by atoms with van der Waals surface area (Å²) < 4.78 is 0. The second-order valence-corrected chi connectivity index (χ2v) is 6.44. The molecule has 1 unspecified atom stereocenters. The van der Waals surface area contributed by atoms with Crippen molar-refractivity contribution in [3.63, 3.8) is 0 Å². The molecule has 0 radical (unpaired) electrons. The fourth-order valence-electron chi connectivity index (χ4n) is 2.26. The fraction of sp³-hybridized carbons (Fsp3) is 0.923. The summed E-state index contributed by atoms with van der Waals surface area (Å²) in [4.78, 5) is 13.8. The lowest BCUT2D eigenvalue weighted by Gasteiger charge is -2.20. The highest BCUT2D eigenvalue weighted by Crippen LogP contribution is 2.30. The zero-order chi connectivity index (χ0) is 11.8. The van der Waals surface area contributed by atoms with Gasteiger partial charge in [0.1, 0.15) is 0 Å². The zero-order valence-corrected chi connectivity index (χ0v) is 10.8. The van der Waals surface area contributed by atoms with Gasteiger partial charge in [-0.2, -0.15) is 0 Å². The molecule has 1 amide bonds. The van der Waals surface area contributed by atoms with E-state index in [2.05, 4.69) is 31.0 Å². The number of nitrogens with one attached hydrogen (secondary N) is 1. The van der Waals surface area contributed by atoms with Crippen LogP contribution in [0.1, 0.15) is 46.5 Å². The third-order valence-corrected chi connectivity index (χ3v) is 3.45. The van der Waals surface area contributed by atoms with Crippen molar-refractivity contribution < 1.29 is 4.79 Å². The molecule has 2 aliphatic rings. The van der Waals surface area contributed by atoms with Crippen LogP contribution in [0.15, 0.2) is 0 Å². The van der Waals surface area contributed by atoms with Gasteiger partial charge in [0.15, 0.2) is 0 Å². The quantitative estimate of drug-likeness (QED) is 0.789. The van der Waals surface area contributed by atoms with Gasteiger partial charge in [0, 0.05) is 25.0 Å². The minimum absolute atomic E-state index is 0.357. The van der Waals surface area contributed by atoms with Crippen molar-refractivity contribution in [2.24, 2.45) is 5.41 Å². The molecule has 1 saturated heterocycles. The number of likely N-dealkylation sites (tertiary alicyclic amines) is 1. The van der Waals surface area contributed by atoms with Gasteiger partial charge < -0.3 is 10.2 Å². The highest BCUT2D eigenvalue weighted by molar-refractivity contribution is 5.80. The molecule has 16 heavy (non-hydrogen) atoms. The Morgan fingerprint density at radius 2 is 2.06 bits per heavy atom. The monoisotopic (exact) mass is 224 g/mol. The van der Waals surface area contributed by atoms with E-state index in [1.807, 2.05) is 0 Å². The van der Waals surface area contributed by atoms with Crippen LogP contribution in [0, 0.1) is 5.41 Å². The maximum absolute atomic E-state index is 11.7. The van der Waals surface area contributed by atoms with Crippen molar-refractivity contribution in [1.29, 1.82) is 0 Å². The normalized spacial score (nSPS) is 26.6. The topological polar surface area (TPSA) is 32.3 Å². The van der Waals surface area contributed by atoms with Gasteiger partial charge in [-0.15, -0.1) is 0 Å². The highest BCUT2D eigenvalue weighted by Gasteiger charge is 2.38. The molecule has 1 aliphatic heterocycles. The lowest BCUT2D eigenvalue weighted by Crippen LogP contribution is -2.35. The Labute approximate surface area is 98.6 Å². The molecule has 92 valence electrons. The molecule has 1 saturated carbocycles. The Balaban J connectivity index is 1.70. The maximum atomic E-state index is 11.7. The van der Waals surface area contributed by atoms with Gasteiger partial charge in [-0.3, -0.25) is 4.79 Å². The average molecular weight is 224 g/mol. The predicted molar refractivity (Wildman–Crippen MR) is 65.2 cm³/mol. The molecule has 0 aromatic rings. The van der Waals surface area contributed by atoms with E-state index in [1.54, 1.807) is 0 Å². The Bertz CT molecular complexity index is 266. The van der Waals surface area contributed by atoms with E-state index in [1.165, 1.54) is 19.3 Å². The molecule has 3 nitrogen and oxygen atoms in total.